The lowest BCUT2D eigenvalue weighted by atomic mass is 9.77. The number of hydrogen-bond donors (Lipinski definition) is 1. The molecule has 0 atom stereocenters. The summed E-state index contributed by atoms with van der Waals surface area (Å²) in [4.78, 5) is 0. The van der Waals surface area contributed by atoms with Gasteiger partial charge >= 0.3 is 7.12 Å². The molecule has 0 aliphatic carbocycles. The van der Waals surface area contributed by atoms with Crippen LogP contribution in [-0.4, -0.2) is 53.2 Å². The van der Waals surface area contributed by atoms with Crippen molar-refractivity contribution in [1.82, 2.24) is 5.32 Å². The molecule has 0 unspecified atom stereocenters. The number of ether oxygens (including phenoxy) is 3. The summed E-state index contributed by atoms with van der Waals surface area (Å²) in [5.74, 6) is 1.78. The zero-order chi connectivity index (χ0) is 19.5. The molecule has 0 saturated carbocycles. The van der Waals surface area contributed by atoms with Crippen LogP contribution in [0, 0.1) is 0 Å². The smallest absolute Gasteiger partial charge is 0.491 e. The van der Waals surface area contributed by atoms with Crippen molar-refractivity contribution in [2.75, 3.05) is 34.9 Å². The van der Waals surface area contributed by atoms with Crippen LogP contribution < -0.4 is 19.5 Å². The van der Waals surface area contributed by atoms with E-state index in [9.17, 15) is 0 Å². The van der Waals surface area contributed by atoms with E-state index < -0.39 is 7.12 Å². The Morgan fingerprint density at radius 1 is 1.00 bits per heavy atom. The molecule has 0 amide bonds. The highest BCUT2D eigenvalue weighted by atomic mass is 16.7. The summed E-state index contributed by atoms with van der Waals surface area (Å²) in [5.41, 5.74) is 1.12. The van der Waals surface area contributed by atoms with E-state index in [1.54, 1.807) is 21.3 Å². The summed E-state index contributed by atoms with van der Waals surface area (Å²) in [6.45, 7) is 8.81. The molecule has 6 nitrogen and oxygen atoms in total. The first-order valence-corrected chi connectivity index (χ1v) is 8.69. The number of hydrogen-bond acceptors (Lipinski definition) is 6. The molecular weight excluding hydrogens is 333 g/mol. The van der Waals surface area contributed by atoms with E-state index >= 15 is 0 Å². The first-order chi connectivity index (χ1) is 12.2. The van der Waals surface area contributed by atoms with Gasteiger partial charge in [-0.2, -0.15) is 0 Å². The third-order valence-corrected chi connectivity index (χ3v) is 4.98. The molecule has 144 valence electrons. The molecule has 1 N–H and O–H groups in total. The minimum absolute atomic E-state index is 0.389. The molecular formula is C19H30BNO5. The fraction of sp³-hybridized carbons (Fsp3) is 0.579. The Balaban J connectivity index is 2.43. The Hall–Kier alpha value is -1.70. The molecule has 0 aromatic heterocycles. The van der Waals surface area contributed by atoms with Crippen LogP contribution in [0.15, 0.2) is 17.6 Å². The van der Waals surface area contributed by atoms with Crippen molar-refractivity contribution in [3.8, 4) is 17.2 Å². The van der Waals surface area contributed by atoms with Gasteiger partial charge in [-0.05, 0) is 57.9 Å². The summed E-state index contributed by atoms with van der Waals surface area (Å²) in [6, 6.07) is 3.81. The van der Waals surface area contributed by atoms with Gasteiger partial charge in [0.1, 0.15) is 0 Å². The van der Waals surface area contributed by atoms with Crippen molar-refractivity contribution in [2.45, 2.75) is 38.9 Å². The van der Waals surface area contributed by atoms with Gasteiger partial charge < -0.3 is 28.8 Å². The van der Waals surface area contributed by atoms with E-state index in [0.29, 0.717) is 23.8 Å². The zero-order valence-electron chi connectivity index (χ0n) is 17.1. The fourth-order valence-electron chi connectivity index (χ4n) is 2.80. The third kappa shape index (κ3) is 4.00. The lowest BCUT2D eigenvalue weighted by molar-refractivity contribution is 0.00578. The molecule has 1 heterocycles. The Morgan fingerprint density at radius 2 is 1.50 bits per heavy atom. The first kappa shape index (κ1) is 20.6. The maximum absolute atomic E-state index is 6.19. The summed E-state index contributed by atoms with van der Waals surface area (Å²) < 4.78 is 28.7. The minimum atomic E-state index is -0.424. The molecule has 1 fully saturated rings. The number of likely N-dealkylation sites (N-methyl/N-ethyl adjacent to an activating group) is 1. The quantitative estimate of drug-likeness (QED) is 0.752. The number of methoxy groups -OCH3 is 3. The highest BCUT2D eigenvalue weighted by Crippen LogP contribution is 2.41. The predicted octanol–water partition coefficient (Wildman–Crippen LogP) is 2.95. The van der Waals surface area contributed by atoms with E-state index in [1.807, 2.05) is 53.0 Å². The van der Waals surface area contributed by atoms with Crippen LogP contribution in [0.3, 0.4) is 0 Å². The van der Waals surface area contributed by atoms with Crippen molar-refractivity contribution in [3.63, 3.8) is 0 Å². The highest BCUT2D eigenvalue weighted by Gasteiger charge is 2.52. The van der Waals surface area contributed by atoms with Crippen molar-refractivity contribution in [3.05, 3.63) is 23.2 Å². The second kappa shape index (κ2) is 7.90. The molecule has 1 aromatic rings. The second-order valence-corrected chi connectivity index (χ2v) is 7.30. The molecule has 1 aromatic carbocycles. The van der Waals surface area contributed by atoms with Gasteiger partial charge in [0, 0.05) is 6.54 Å². The molecule has 0 spiro atoms. The molecule has 26 heavy (non-hydrogen) atoms. The molecule has 1 aliphatic heterocycles. The van der Waals surface area contributed by atoms with Crippen LogP contribution >= 0.6 is 0 Å². The maximum atomic E-state index is 6.19. The minimum Gasteiger partial charge on any atom is -0.493 e. The Kier molecular flexibility index (Phi) is 6.27. The lowest BCUT2D eigenvalue weighted by Gasteiger charge is -2.32. The van der Waals surface area contributed by atoms with Gasteiger partial charge in [0.15, 0.2) is 11.5 Å². The van der Waals surface area contributed by atoms with Crippen molar-refractivity contribution < 1.29 is 23.5 Å². The van der Waals surface area contributed by atoms with E-state index in [-0.39, 0.29) is 11.2 Å². The molecule has 0 bridgehead atoms. The number of rotatable bonds is 7. The van der Waals surface area contributed by atoms with Crippen molar-refractivity contribution in [1.29, 1.82) is 0 Å². The molecule has 2 rings (SSSR count). The van der Waals surface area contributed by atoms with Crippen LogP contribution in [0.2, 0.25) is 0 Å². The average Bonchev–Trinajstić information content (AvgIpc) is 2.81. The van der Waals surface area contributed by atoms with Gasteiger partial charge in [-0.3, -0.25) is 0 Å². The standard InChI is InChI=1S/C19H30BNO5/c1-18(2)19(3,4)26-20(25-18)14(12-21-5)9-13-10-15(22-6)17(24-8)16(11-13)23-7/h9-11,21H,12H2,1-8H3. The van der Waals surface area contributed by atoms with Crippen LogP contribution in [0.1, 0.15) is 33.3 Å². The molecule has 1 aliphatic rings. The lowest BCUT2D eigenvalue weighted by Crippen LogP contribution is -2.41. The fourth-order valence-corrected chi connectivity index (χ4v) is 2.80. The monoisotopic (exact) mass is 363 g/mol. The van der Waals surface area contributed by atoms with Crippen LogP contribution in [0.25, 0.3) is 6.08 Å². The third-order valence-electron chi connectivity index (χ3n) is 4.98. The van der Waals surface area contributed by atoms with Gasteiger partial charge in [0.2, 0.25) is 5.75 Å². The zero-order valence-corrected chi connectivity index (χ0v) is 17.1. The van der Waals surface area contributed by atoms with Crippen LogP contribution in [-0.2, 0) is 9.31 Å². The van der Waals surface area contributed by atoms with Crippen molar-refractivity contribution in [2.24, 2.45) is 0 Å². The first-order valence-electron chi connectivity index (χ1n) is 8.69. The second-order valence-electron chi connectivity index (χ2n) is 7.30. The van der Waals surface area contributed by atoms with Gasteiger partial charge in [0.25, 0.3) is 0 Å². The Morgan fingerprint density at radius 3 is 1.88 bits per heavy atom. The normalized spacial score (nSPS) is 18.8. The van der Waals surface area contributed by atoms with E-state index in [1.165, 1.54) is 0 Å². The number of nitrogens with one attached hydrogen (secondary N) is 1. The molecule has 1 saturated heterocycles. The van der Waals surface area contributed by atoms with Gasteiger partial charge in [-0.1, -0.05) is 6.08 Å². The molecule has 0 radical (unpaired) electrons. The summed E-state index contributed by atoms with van der Waals surface area (Å²) in [5, 5.41) is 3.18. The summed E-state index contributed by atoms with van der Waals surface area (Å²) in [6.07, 6.45) is 2.03. The van der Waals surface area contributed by atoms with Crippen molar-refractivity contribution >= 4 is 13.2 Å². The largest absolute Gasteiger partial charge is 0.493 e. The van der Waals surface area contributed by atoms with Gasteiger partial charge in [0.05, 0.1) is 32.5 Å². The van der Waals surface area contributed by atoms with Gasteiger partial charge in [-0.25, -0.2) is 0 Å². The Labute approximate surface area is 156 Å². The topological polar surface area (TPSA) is 58.2 Å². The van der Waals surface area contributed by atoms with Gasteiger partial charge in [-0.15, -0.1) is 0 Å². The number of benzene rings is 1. The highest BCUT2D eigenvalue weighted by molar-refractivity contribution is 6.55. The van der Waals surface area contributed by atoms with E-state index in [2.05, 4.69) is 5.32 Å². The van der Waals surface area contributed by atoms with E-state index in [4.69, 9.17) is 23.5 Å². The average molecular weight is 363 g/mol. The predicted molar refractivity (Wildman–Crippen MR) is 104 cm³/mol. The maximum Gasteiger partial charge on any atom is 0.491 e. The van der Waals surface area contributed by atoms with Crippen LogP contribution in [0.5, 0.6) is 17.2 Å². The Bertz CT molecular complexity index is 631. The molecule has 7 heteroatoms. The van der Waals surface area contributed by atoms with E-state index in [0.717, 1.165) is 11.0 Å². The summed E-state index contributed by atoms with van der Waals surface area (Å²) in [7, 11) is 6.27. The summed E-state index contributed by atoms with van der Waals surface area (Å²) >= 11 is 0. The van der Waals surface area contributed by atoms with Crippen LogP contribution in [0.4, 0.5) is 0 Å². The SMILES string of the molecule is CNCC(=Cc1cc(OC)c(OC)c(OC)c1)B1OC(C)(C)C(C)(C)O1.